The molecule has 1 saturated heterocycles. The first-order valence-corrected chi connectivity index (χ1v) is 9.88. The molecule has 0 spiro atoms. The van der Waals surface area contributed by atoms with Crippen LogP contribution in [0, 0.1) is 6.92 Å². The van der Waals surface area contributed by atoms with E-state index in [1.54, 1.807) is 0 Å². The molecule has 1 N–H and O–H groups in total. The maximum absolute atomic E-state index is 12.5. The fourth-order valence-electron chi connectivity index (χ4n) is 3.51. The minimum Gasteiger partial charge on any atom is -0.373 e. The lowest BCUT2D eigenvalue weighted by molar-refractivity contribution is -0.117. The SMILES string of the molecule is Cc1ccc(NC(=O)CN2CCC[C@H]2CN(C)c2ccccc2)c(Br)c1. The number of benzene rings is 2. The summed E-state index contributed by atoms with van der Waals surface area (Å²) in [5.74, 6) is 0.0452. The van der Waals surface area contributed by atoms with Crippen LogP contribution in [0.5, 0.6) is 0 Å². The zero-order valence-corrected chi connectivity index (χ0v) is 17.0. The van der Waals surface area contributed by atoms with Crippen molar-refractivity contribution in [2.45, 2.75) is 25.8 Å². The number of rotatable bonds is 6. The molecule has 1 fully saturated rings. The molecule has 0 unspecified atom stereocenters. The summed E-state index contributed by atoms with van der Waals surface area (Å²) < 4.78 is 0.924. The van der Waals surface area contributed by atoms with Gasteiger partial charge in [0.1, 0.15) is 0 Å². The van der Waals surface area contributed by atoms with Gasteiger partial charge in [0.15, 0.2) is 0 Å². The highest BCUT2D eigenvalue weighted by molar-refractivity contribution is 9.10. The van der Waals surface area contributed by atoms with Crippen molar-refractivity contribution in [2.75, 3.05) is 36.9 Å². The average molecular weight is 416 g/mol. The number of hydrogen-bond acceptors (Lipinski definition) is 3. The van der Waals surface area contributed by atoms with Crippen LogP contribution < -0.4 is 10.2 Å². The van der Waals surface area contributed by atoms with Crippen LogP contribution in [0.4, 0.5) is 11.4 Å². The number of likely N-dealkylation sites (tertiary alicyclic amines) is 1. The zero-order chi connectivity index (χ0) is 18.5. The molecule has 1 heterocycles. The van der Waals surface area contributed by atoms with Crippen molar-refractivity contribution in [1.82, 2.24) is 4.90 Å². The summed E-state index contributed by atoms with van der Waals surface area (Å²) in [7, 11) is 2.12. The van der Waals surface area contributed by atoms with Gasteiger partial charge in [-0.1, -0.05) is 24.3 Å². The molecule has 1 amide bonds. The van der Waals surface area contributed by atoms with Gasteiger partial charge in [-0.25, -0.2) is 0 Å². The van der Waals surface area contributed by atoms with Crippen LogP contribution in [0.3, 0.4) is 0 Å². The van der Waals surface area contributed by atoms with Gasteiger partial charge in [0.2, 0.25) is 5.91 Å². The summed E-state index contributed by atoms with van der Waals surface area (Å²) >= 11 is 3.52. The van der Waals surface area contributed by atoms with Gasteiger partial charge < -0.3 is 10.2 Å². The molecule has 0 bridgehead atoms. The van der Waals surface area contributed by atoms with Crippen LogP contribution in [-0.2, 0) is 4.79 Å². The Morgan fingerprint density at radius 2 is 2.04 bits per heavy atom. The van der Waals surface area contributed by atoms with Crippen molar-refractivity contribution in [3.63, 3.8) is 0 Å². The number of nitrogens with zero attached hydrogens (tertiary/aromatic N) is 2. The predicted octanol–water partition coefficient (Wildman–Crippen LogP) is 4.30. The molecule has 1 aliphatic rings. The standard InChI is InChI=1S/C21H26BrN3O/c1-16-10-11-20(19(22)13-16)23-21(26)15-25-12-6-9-18(25)14-24(2)17-7-4-3-5-8-17/h3-5,7-8,10-11,13,18H,6,9,12,14-15H2,1-2H3,(H,23,26)/t18-/m0/s1. The molecule has 0 saturated carbocycles. The number of halogens is 1. The van der Waals surface area contributed by atoms with E-state index in [2.05, 4.69) is 62.4 Å². The third-order valence-electron chi connectivity index (χ3n) is 4.93. The zero-order valence-electron chi connectivity index (χ0n) is 15.4. The minimum atomic E-state index is 0.0452. The van der Waals surface area contributed by atoms with Crippen LogP contribution >= 0.6 is 15.9 Å². The number of carbonyl (C=O) groups excluding carboxylic acids is 1. The predicted molar refractivity (Wildman–Crippen MR) is 112 cm³/mol. The van der Waals surface area contributed by atoms with E-state index >= 15 is 0 Å². The smallest absolute Gasteiger partial charge is 0.238 e. The van der Waals surface area contributed by atoms with Gasteiger partial charge >= 0.3 is 0 Å². The Kier molecular flexibility index (Phi) is 6.33. The van der Waals surface area contributed by atoms with Crippen LogP contribution in [-0.4, -0.2) is 43.5 Å². The summed E-state index contributed by atoms with van der Waals surface area (Å²) in [6.07, 6.45) is 2.29. The van der Waals surface area contributed by atoms with Gasteiger partial charge in [-0.3, -0.25) is 9.69 Å². The Bertz CT molecular complexity index is 750. The fourth-order valence-corrected chi connectivity index (χ4v) is 4.10. The lowest BCUT2D eigenvalue weighted by Gasteiger charge is -2.29. The van der Waals surface area contributed by atoms with Crippen molar-refractivity contribution in [1.29, 1.82) is 0 Å². The maximum Gasteiger partial charge on any atom is 0.238 e. The number of amides is 1. The monoisotopic (exact) mass is 415 g/mol. The molecule has 138 valence electrons. The van der Waals surface area contributed by atoms with Gasteiger partial charge in [0, 0.05) is 29.8 Å². The van der Waals surface area contributed by atoms with Crippen LogP contribution in [0.25, 0.3) is 0 Å². The molecule has 0 aliphatic carbocycles. The van der Waals surface area contributed by atoms with E-state index in [-0.39, 0.29) is 5.91 Å². The Hall–Kier alpha value is -1.85. The fraction of sp³-hybridized carbons (Fsp3) is 0.381. The molecule has 3 rings (SSSR count). The summed E-state index contributed by atoms with van der Waals surface area (Å²) in [4.78, 5) is 17.1. The third-order valence-corrected chi connectivity index (χ3v) is 5.58. The largest absolute Gasteiger partial charge is 0.373 e. The van der Waals surface area contributed by atoms with Crippen molar-refractivity contribution in [2.24, 2.45) is 0 Å². The first-order valence-electron chi connectivity index (χ1n) is 9.09. The lowest BCUT2D eigenvalue weighted by atomic mass is 10.2. The average Bonchev–Trinajstić information content (AvgIpc) is 3.05. The first kappa shape index (κ1) is 18.9. The third kappa shape index (κ3) is 4.86. The van der Waals surface area contributed by atoms with Gasteiger partial charge in [-0.15, -0.1) is 0 Å². The second-order valence-electron chi connectivity index (χ2n) is 7.01. The van der Waals surface area contributed by atoms with E-state index in [4.69, 9.17) is 0 Å². The van der Waals surface area contributed by atoms with Crippen LogP contribution in [0.15, 0.2) is 53.0 Å². The number of aryl methyl sites for hydroxylation is 1. The molecule has 1 aliphatic heterocycles. The quantitative estimate of drug-likeness (QED) is 0.763. The molecule has 5 heteroatoms. The van der Waals surface area contributed by atoms with Crippen molar-refractivity contribution >= 4 is 33.2 Å². The normalized spacial score (nSPS) is 17.3. The van der Waals surface area contributed by atoms with Gasteiger partial charge in [0.25, 0.3) is 0 Å². The molecule has 4 nitrogen and oxygen atoms in total. The lowest BCUT2D eigenvalue weighted by Crippen LogP contribution is -2.42. The van der Waals surface area contributed by atoms with E-state index in [0.29, 0.717) is 12.6 Å². The highest BCUT2D eigenvalue weighted by atomic mass is 79.9. The summed E-state index contributed by atoms with van der Waals surface area (Å²) in [5.41, 5.74) is 3.21. The van der Waals surface area contributed by atoms with Crippen molar-refractivity contribution < 1.29 is 4.79 Å². The molecule has 1 atom stereocenters. The Morgan fingerprint density at radius 3 is 2.77 bits per heavy atom. The topological polar surface area (TPSA) is 35.6 Å². The van der Waals surface area contributed by atoms with Gasteiger partial charge in [0.05, 0.1) is 12.2 Å². The van der Waals surface area contributed by atoms with E-state index in [0.717, 1.165) is 36.1 Å². The maximum atomic E-state index is 12.5. The summed E-state index contributed by atoms with van der Waals surface area (Å²) in [6.45, 7) is 4.39. The summed E-state index contributed by atoms with van der Waals surface area (Å²) in [5, 5.41) is 3.03. The van der Waals surface area contributed by atoms with Gasteiger partial charge in [-0.2, -0.15) is 0 Å². The molecular weight excluding hydrogens is 390 g/mol. The second kappa shape index (κ2) is 8.69. The molecule has 2 aromatic rings. The molecule has 26 heavy (non-hydrogen) atoms. The van der Waals surface area contributed by atoms with E-state index in [1.807, 2.05) is 31.2 Å². The number of likely N-dealkylation sites (N-methyl/N-ethyl adjacent to an activating group) is 1. The van der Waals surface area contributed by atoms with Crippen molar-refractivity contribution in [3.05, 3.63) is 58.6 Å². The first-order chi connectivity index (χ1) is 12.5. The van der Waals surface area contributed by atoms with Crippen LogP contribution in [0.1, 0.15) is 18.4 Å². The number of para-hydroxylation sites is 1. The highest BCUT2D eigenvalue weighted by Crippen LogP contribution is 2.24. The van der Waals surface area contributed by atoms with Crippen LogP contribution in [0.2, 0.25) is 0 Å². The molecule has 2 aromatic carbocycles. The number of anilines is 2. The summed E-state index contributed by atoms with van der Waals surface area (Å²) in [6, 6.07) is 16.8. The Balaban J connectivity index is 1.57. The Morgan fingerprint density at radius 1 is 1.27 bits per heavy atom. The minimum absolute atomic E-state index is 0.0452. The second-order valence-corrected chi connectivity index (χ2v) is 7.87. The van der Waals surface area contributed by atoms with E-state index in [9.17, 15) is 4.79 Å². The number of carbonyl (C=O) groups is 1. The molecular formula is C21H26BrN3O. The highest BCUT2D eigenvalue weighted by Gasteiger charge is 2.27. The number of nitrogens with one attached hydrogen (secondary N) is 1. The Labute approximate surface area is 164 Å². The van der Waals surface area contributed by atoms with E-state index in [1.165, 1.54) is 11.3 Å². The molecule has 0 aromatic heterocycles. The van der Waals surface area contributed by atoms with Gasteiger partial charge in [-0.05, 0) is 72.1 Å². The van der Waals surface area contributed by atoms with Crippen molar-refractivity contribution in [3.8, 4) is 0 Å². The van der Waals surface area contributed by atoms with E-state index < -0.39 is 0 Å². The molecule has 0 radical (unpaired) electrons. The number of hydrogen-bond donors (Lipinski definition) is 1.